The number of hydrogen-bond donors (Lipinski definition) is 1. The first-order valence-electron chi connectivity index (χ1n) is 11.1. The van der Waals surface area contributed by atoms with E-state index >= 15 is 0 Å². The second kappa shape index (κ2) is 9.16. The van der Waals surface area contributed by atoms with E-state index in [1.165, 1.54) is 18.5 Å². The number of rotatable bonds is 5. The van der Waals surface area contributed by atoms with Crippen molar-refractivity contribution in [2.24, 2.45) is 0 Å². The number of anilines is 4. The van der Waals surface area contributed by atoms with Crippen LogP contribution < -0.4 is 20.0 Å². The van der Waals surface area contributed by atoms with Gasteiger partial charge < -0.3 is 20.0 Å². The van der Waals surface area contributed by atoms with Crippen molar-refractivity contribution < 1.29 is 13.6 Å². The van der Waals surface area contributed by atoms with Gasteiger partial charge in [0, 0.05) is 31.9 Å². The lowest BCUT2D eigenvalue weighted by atomic mass is 10.2. The zero-order valence-electron chi connectivity index (χ0n) is 18.6. The zero-order valence-corrected chi connectivity index (χ0v) is 18.6. The van der Waals surface area contributed by atoms with E-state index in [0.717, 1.165) is 5.82 Å². The Morgan fingerprint density at radius 1 is 0.912 bits per heavy atom. The van der Waals surface area contributed by atoms with Crippen molar-refractivity contribution in [3.8, 4) is 0 Å². The molecule has 0 spiro atoms. The Balaban J connectivity index is 1.17. The Hall–Kier alpha value is -3.89. The maximum absolute atomic E-state index is 13.2. The largest absolute Gasteiger partial charge is 0.351 e. The van der Waals surface area contributed by atoms with Gasteiger partial charge in [-0.15, -0.1) is 0 Å². The van der Waals surface area contributed by atoms with E-state index in [2.05, 4.69) is 42.0 Å². The molecule has 0 aliphatic carbocycles. The van der Waals surface area contributed by atoms with Gasteiger partial charge in [-0.3, -0.25) is 4.79 Å². The van der Waals surface area contributed by atoms with Crippen LogP contribution in [0.2, 0.25) is 0 Å². The van der Waals surface area contributed by atoms with Crippen LogP contribution in [0.15, 0.2) is 49.1 Å². The van der Waals surface area contributed by atoms with E-state index in [9.17, 15) is 13.6 Å². The minimum absolute atomic E-state index is 0.136. The van der Waals surface area contributed by atoms with Crippen LogP contribution in [0.25, 0.3) is 0 Å². The summed E-state index contributed by atoms with van der Waals surface area (Å²) in [4.78, 5) is 35.8. The molecule has 5 heterocycles. The first-order valence-corrected chi connectivity index (χ1v) is 11.1. The molecule has 0 radical (unpaired) electrons. The monoisotopic (exact) mass is 466 g/mol. The summed E-state index contributed by atoms with van der Waals surface area (Å²) < 4.78 is 26.2. The highest BCUT2D eigenvalue weighted by molar-refractivity contribution is 6.04. The lowest BCUT2D eigenvalue weighted by Gasteiger charge is -2.40. The summed E-state index contributed by atoms with van der Waals surface area (Å²) in [7, 11) is 0. The zero-order chi connectivity index (χ0) is 23.7. The molecule has 0 saturated carbocycles. The third-order valence-electron chi connectivity index (χ3n) is 5.98. The van der Waals surface area contributed by atoms with Crippen molar-refractivity contribution in [1.29, 1.82) is 0 Å². The Bertz CT molecular complexity index is 1140. The standard InChI is InChI=1S/C23H24F2N8O/c1-15-12-31(6-7-33(15)21-5-3-17(24)9-27-21)23-28-10-19(11-29-23)30-22(34)16-2-4-20(26-8-16)32-13-18(25)14-32/h2-5,8-11,15,18H,6-7,12-14H2,1H3,(H,30,34)/t15-/m0/s1. The topological polar surface area (TPSA) is 90.4 Å². The fourth-order valence-corrected chi connectivity index (χ4v) is 4.09. The van der Waals surface area contributed by atoms with Crippen LogP contribution in [-0.2, 0) is 0 Å². The van der Waals surface area contributed by atoms with Crippen molar-refractivity contribution in [2.45, 2.75) is 19.1 Å². The maximum Gasteiger partial charge on any atom is 0.257 e. The van der Waals surface area contributed by atoms with E-state index < -0.39 is 6.17 Å². The van der Waals surface area contributed by atoms with Crippen molar-refractivity contribution in [1.82, 2.24) is 19.9 Å². The molecule has 5 rings (SSSR count). The molecule has 3 aromatic rings. The molecule has 3 aromatic heterocycles. The average Bonchev–Trinajstić information content (AvgIpc) is 2.83. The molecular weight excluding hydrogens is 442 g/mol. The number of nitrogens with zero attached hydrogens (tertiary/aromatic N) is 7. The average molecular weight is 466 g/mol. The number of piperazine rings is 1. The van der Waals surface area contributed by atoms with Crippen molar-refractivity contribution in [2.75, 3.05) is 52.7 Å². The Labute approximate surface area is 195 Å². The van der Waals surface area contributed by atoms with Gasteiger partial charge in [0.1, 0.15) is 23.6 Å². The number of nitrogens with one attached hydrogen (secondary N) is 1. The SMILES string of the molecule is C[C@H]1CN(c2ncc(NC(=O)c3ccc(N4CC(F)C4)nc3)cn2)CCN1c1ccc(F)cn1. The number of alkyl halides is 1. The highest BCUT2D eigenvalue weighted by Gasteiger charge is 2.28. The summed E-state index contributed by atoms with van der Waals surface area (Å²) in [6.45, 7) is 4.81. The van der Waals surface area contributed by atoms with E-state index in [1.54, 1.807) is 30.6 Å². The van der Waals surface area contributed by atoms with Crippen molar-refractivity contribution >= 4 is 29.2 Å². The molecule has 1 atom stereocenters. The van der Waals surface area contributed by atoms with Crippen LogP contribution in [-0.4, -0.2) is 70.8 Å². The van der Waals surface area contributed by atoms with Gasteiger partial charge in [0.15, 0.2) is 0 Å². The summed E-state index contributed by atoms with van der Waals surface area (Å²) in [5, 5.41) is 2.77. The highest BCUT2D eigenvalue weighted by atomic mass is 19.1. The van der Waals surface area contributed by atoms with Gasteiger partial charge in [0.05, 0.1) is 42.9 Å². The fraction of sp³-hybridized carbons (Fsp3) is 0.348. The van der Waals surface area contributed by atoms with Gasteiger partial charge >= 0.3 is 0 Å². The number of hydrogen-bond acceptors (Lipinski definition) is 8. The summed E-state index contributed by atoms with van der Waals surface area (Å²) in [6, 6.07) is 6.60. The van der Waals surface area contributed by atoms with Crippen LogP contribution in [0.4, 0.5) is 32.1 Å². The molecule has 176 valence electrons. The minimum Gasteiger partial charge on any atom is -0.351 e. The lowest BCUT2D eigenvalue weighted by Crippen LogP contribution is -2.52. The van der Waals surface area contributed by atoms with Crippen LogP contribution in [0.1, 0.15) is 17.3 Å². The molecule has 34 heavy (non-hydrogen) atoms. The van der Waals surface area contributed by atoms with Crippen LogP contribution in [0.5, 0.6) is 0 Å². The summed E-state index contributed by atoms with van der Waals surface area (Å²) in [5.41, 5.74) is 0.868. The molecule has 2 saturated heterocycles. The molecule has 2 fully saturated rings. The third kappa shape index (κ3) is 4.59. The minimum atomic E-state index is -0.813. The number of amides is 1. The molecule has 2 aliphatic rings. The van der Waals surface area contributed by atoms with E-state index in [-0.39, 0.29) is 17.8 Å². The molecule has 0 aromatic carbocycles. The Morgan fingerprint density at radius 2 is 1.65 bits per heavy atom. The number of pyridine rings is 2. The van der Waals surface area contributed by atoms with E-state index in [1.807, 2.05) is 4.90 Å². The highest BCUT2D eigenvalue weighted by Crippen LogP contribution is 2.22. The summed E-state index contributed by atoms with van der Waals surface area (Å²) >= 11 is 0. The molecule has 0 bridgehead atoms. The van der Waals surface area contributed by atoms with Crippen LogP contribution >= 0.6 is 0 Å². The first kappa shape index (κ1) is 21.9. The fourth-order valence-electron chi connectivity index (χ4n) is 4.09. The first-order chi connectivity index (χ1) is 16.5. The van der Waals surface area contributed by atoms with Gasteiger partial charge in [-0.25, -0.2) is 28.7 Å². The second-order valence-corrected chi connectivity index (χ2v) is 8.46. The molecular formula is C23H24F2N8O. The molecule has 11 heteroatoms. The van der Waals surface area contributed by atoms with Gasteiger partial charge in [0.25, 0.3) is 5.91 Å². The second-order valence-electron chi connectivity index (χ2n) is 8.46. The molecule has 1 N–H and O–H groups in total. The quantitative estimate of drug-likeness (QED) is 0.614. The Kier molecular flexibility index (Phi) is 5.91. The van der Waals surface area contributed by atoms with Gasteiger partial charge in [0.2, 0.25) is 5.95 Å². The van der Waals surface area contributed by atoms with Gasteiger partial charge in [-0.2, -0.15) is 0 Å². The molecule has 9 nitrogen and oxygen atoms in total. The van der Waals surface area contributed by atoms with Crippen molar-refractivity contribution in [3.05, 3.63) is 60.4 Å². The number of aromatic nitrogens is 4. The maximum atomic E-state index is 13.2. The molecule has 0 unspecified atom stereocenters. The predicted molar refractivity (Wildman–Crippen MR) is 125 cm³/mol. The normalized spacial score (nSPS) is 18.6. The summed E-state index contributed by atoms with van der Waals surface area (Å²) in [5.74, 6) is 1.29. The van der Waals surface area contributed by atoms with Crippen molar-refractivity contribution in [3.63, 3.8) is 0 Å². The predicted octanol–water partition coefficient (Wildman–Crippen LogP) is 2.53. The van der Waals surface area contributed by atoms with E-state index in [0.29, 0.717) is 55.7 Å². The number of carbonyl (C=O) groups excluding carboxylic acids is 1. The van der Waals surface area contributed by atoms with Gasteiger partial charge in [-0.1, -0.05) is 0 Å². The van der Waals surface area contributed by atoms with Crippen LogP contribution in [0, 0.1) is 5.82 Å². The van der Waals surface area contributed by atoms with Gasteiger partial charge in [-0.05, 0) is 31.2 Å². The summed E-state index contributed by atoms with van der Waals surface area (Å²) in [6.07, 6.45) is 5.03. The Morgan fingerprint density at radius 3 is 2.26 bits per heavy atom. The third-order valence-corrected chi connectivity index (χ3v) is 5.98. The molecule has 2 aliphatic heterocycles. The van der Waals surface area contributed by atoms with E-state index in [4.69, 9.17) is 0 Å². The number of carbonyl (C=O) groups is 1. The molecule has 1 amide bonds. The number of halogens is 2. The lowest BCUT2D eigenvalue weighted by molar-refractivity contribution is 0.102. The smallest absolute Gasteiger partial charge is 0.257 e. The van der Waals surface area contributed by atoms with Crippen LogP contribution in [0.3, 0.4) is 0 Å².